The number of piperidine rings is 1. The van der Waals surface area contributed by atoms with Crippen molar-refractivity contribution in [2.75, 3.05) is 19.7 Å². The Hall–Kier alpha value is -1.73. The van der Waals surface area contributed by atoms with E-state index < -0.39 is 0 Å². The number of carbonyl (C=O) groups is 1. The molecule has 7 heteroatoms. The molecule has 2 aliphatic rings. The molecule has 0 aliphatic carbocycles. The second kappa shape index (κ2) is 6.53. The predicted molar refractivity (Wildman–Crippen MR) is 97.2 cm³/mol. The molecule has 4 heterocycles. The van der Waals surface area contributed by atoms with Crippen LogP contribution in [0.25, 0.3) is 10.2 Å². The second-order valence-corrected chi connectivity index (χ2v) is 8.24. The van der Waals surface area contributed by atoms with Gasteiger partial charge in [0, 0.05) is 30.5 Å². The number of aryl methyl sites for hydroxylation is 2. The third kappa shape index (κ3) is 3.00. The Morgan fingerprint density at radius 3 is 2.92 bits per heavy atom. The number of hydrogen-bond acceptors (Lipinski definition) is 5. The molecule has 25 heavy (non-hydrogen) atoms. The summed E-state index contributed by atoms with van der Waals surface area (Å²) in [5.74, 6) is 0.885. The summed E-state index contributed by atoms with van der Waals surface area (Å²) in [5.41, 5.74) is 0.948. The van der Waals surface area contributed by atoms with Gasteiger partial charge in [-0.05, 0) is 45.1 Å². The van der Waals surface area contributed by atoms with Gasteiger partial charge in [-0.3, -0.25) is 9.59 Å². The fourth-order valence-electron chi connectivity index (χ4n) is 3.84. The van der Waals surface area contributed by atoms with Gasteiger partial charge in [0.05, 0.1) is 5.39 Å². The lowest BCUT2D eigenvalue weighted by molar-refractivity contribution is -0.142. The van der Waals surface area contributed by atoms with E-state index in [4.69, 9.17) is 9.72 Å². The SMILES string of the molecule is Cc1sc2nc([C@H]3CCCN(C(=O)[C@@H]4CCCO4)C3)[nH]c(=O)c2c1C. The molecular weight excluding hydrogens is 338 g/mol. The zero-order valence-corrected chi connectivity index (χ0v) is 15.4. The lowest BCUT2D eigenvalue weighted by atomic mass is 9.96. The molecule has 0 bridgehead atoms. The van der Waals surface area contributed by atoms with Crippen LogP contribution in [0.15, 0.2) is 4.79 Å². The number of ether oxygens (including phenoxy) is 1. The van der Waals surface area contributed by atoms with Crippen LogP contribution in [0.1, 0.15) is 47.9 Å². The Bertz CT molecular complexity index is 866. The molecule has 0 saturated carbocycles. The number of amides is 1. The average molecular weight is 361 g/mol. The van der Waals surface area contributed by atoms with Crippen LogP contribution in [-0.2, 0) is 9.53 Å². The molecule has 4 rings (SSSR count). The third-order valence-electron chi connectivity index (χ3n) is 5.38. The molecule has 2 aliphatic heterocycles. The topological polar surface area (TPSA) is 75.3 Å². The van der Waals surface area contributed by atoms with Crippen molar-refractivity contribution < 1.29 is 9.53 Å². The molecule has 1 amide bonds. The van der Waals surface area contributed by atoms with Crippen LogP contribution in [0, 0.1) is 13.8 Å². The summed E-state index contributed by atoms with van der Waals surface area (Å²) >= 11 is 1.57. The lowest BCUT2D eigenvalue weighted by Crippen LogP contribution is -2.44. The molecule has 0 spiro atoms. The van der Waals surface area contributed by atoms with Gasteiger partial charge in [0.15, 0.2) is 0 Å². The van der Waals surface area contributed by atoms with Crippen molar-refractivity contribution in [3.8, 4) is 0 Å². The number of likely N-dealkylation sites (tertiary alicyclic amines) is 1. The van der Waals surface area contributed by atoms with Crippen LogP contribution in [0.2, 0.25) is 0 Å². The minimum absolute atomic E-state index is 0.0653. The van der Waals surface area contributed by atoms with Gasteiger partial charge in [-0.2, -0.15) is 0 Å². The number of thiophene rings is 1. The zero-order valence-electron chi connectivity index (χ0n) is 14.6. The third-order valence-corrected chi connectivity index (χ3v) is 6.48. The standard InChI is InChI=1S/C18H23N3O3S/c1-10-11(2)25-17-14(10)16(22)19-15(20-17)12-5-3-7-21(9-12)18(23)13-6-4-8-24-13/h12-13H,3-9H2,1-2H3,(H,19,20,22)/t12-,13-/m0/s1. The number of nitrogens with one attached hydrogen (secondary N) is 1. The molecule has 2 saturated heterocycles. The first-order valence-corrected chi connectivity index (χ1v) is 9.76. The number of hydrogen-bond donors (Lipinski definition) is 1. The van der Waals surface area contributed by atoms with Crippen molar-refractivity contribution >= 4 is 27.5 Å². The molecular formula is C18H23N3O3S. The van der Waals surface area contributed by atoms with Crippen LogP contribution in [0.4, 0.5) is 0 Å². The number of H-pyrrole nitrogens is 1. The largest absolute Gasteiger partial charge is 0.368 e. The quantitative estimate of drug-likeness (QED) is 0.892. The fraction of sp³-hybridized carbons (Fsp3) is 0.611. The van der Waals surface area contributed by atoms with Crippen LogP contribution >= 0.6 is 11.3 Å². The van der Waals surface area contributed by atoms with Crippen molar-refractivity contribution in [3.63, 3.8) is 0 Å². The number of rotatable bonds is 2. The second-order valence-electron chi connectivity index (χ2n) is 7.04. The van der Waals surface area contributed by atoms with Gasteiger partial charge in [-0.1, -0.05) is 0 Å². The zero-order chi connectivity index (χ0) is 17.6. The average Bonchev–Trinajstić information content (AvgIpc) is 3.23. The highest BCUT2D eigenvalue weighted by Crippen LogP contribution is 2.30. The highest BCUT2D eigenvalue weighted by Gasteiger charge is 2.32. The predicted octanol–water partition coefficient (Wildman–Crippen LogP) is 2.49. The number of nitrogens with zero attached hydrogens (tertiary/aromatic N) is 2. The number of carbonyl (C=O) groups excluding carboxylic acids is 1. The van der Waals surface area contributed by atoms with E-state index in [1.54, 1.807) is 11.3 Å². The Morgan fingerprint density at radius 2 is 2.16 bits per heavy atom. The Balaban J connectivity index is 1.60. The number of fused-ring (bicyclic) bond motifs is 1. The number of aromatic nitrogens is 2. The minimum atomic E-state index is -0.282. The summed E-state index contributed by atoms with van der Waals surface area (Å²) in [6.07, 6.45) is 3.35. The maximum absolute atomic E-state index is 12.6. The Kier molecular flexibility index (Phi) is 4.37. The number of aromatic amines is 1. The molecule has 0 aromatic carbocycles. The van der Waals surface area contributed by atoms with E-state index in [1.807, 2.05) is 18.7 Å². The van der Waals surface area contributed by atoms with Crippen LogP contribution < -0.4 is 5.56 Å². The molecule has 1 N–H and O–H groups in total. The van der Waals surface area contributed by atoms with Crippen molar-refractivity contribution in [2.24, 2.45) is 0 Å². The van der Waals surface area contributed by atoms with E-state index in [-0.39, 0.29) is 23.5 Å². The summed E-state index contributed by atoms with van der Waals surface area (Å²) < 4.78 is 5.54. The van der Waals surface area contributed by atoms with Gasteiger partial charge in [0.1, 0.15) is 16.8 Å². The Morgan fingerprint density at radius 1 is 1.32 bits per heavy atom. The van der Waals surface area contributed by atoms with Gasteiger partial charge < -0.3 is 14.6 Å². The first-order valence-electron chi connectivity index (χ1n) is 8.95. The summed E-state index contributed by atoms with van der Waals surface area (Å²) in [4.78, 5) is 36.6. The molecule has 2 aromatic rings. The maximum Gasteiger partial charge on any atom is 0.259 e. The van der Waals surface area contributed by atoms with Crippen molar-refractivity contribution in [2.45, 2.75) is 51.6 Å². The molecule has 2 atom stereocenters. The highest BCUT2D eigenvalue weighted by molar-refractivity contribution is 7.18. The molecule has 2 fully saturated rings. The van der Waals surface area contributed by atoms with Crippen molar-refractivity contribution in [1.82, 2.24) is 14.9 Å². The van der Waals surface area contributed by atoms with Crippen LogP contribution in [-0.4, -0.2) is 46.6 Å². The van der Waals surface area contributed by atoms with Gasteiger partial charge >= 0.3 is 0 Å². The molecule has 134 valence electrons. The van der Waals surface area contributed by atoms with E-state index in [0.717, 1.165) is 47.5 Å². The summed E-state index contributed by atoms with van der Waals surface area (Å²) in [7, 11) is 0. The maximum atomic E-state index is 12.6. The first kappa shape index (κ1) is 16.7. The molecule has 0 unspecified atom stereocenters. The summed E-state index contributed by atoms with van der Waals surface area (Å²) in [5, 5.41) is 0.703. The molecule has 0 radical (unpaired) electrons. The monoisotopic (exact) mass is 361 g/mol. The summed E-state index contributed by atoms with van der Waals surface area (Å²) in [6, 6.07) is 0. The highest BCUT2D eigenvalue weighted by atomic mass is 32.1. The van der Waals surface area contributed by atoms with E-state index in [2.05, 4.69) is 4.98 Å². The van der Waals surface area contributed by atoms with Crippen molar-refractivity contribution in [3.05, 3.63) is 26.6 Å². The molecule has 6 nitrogen and oxygen atoms in total. The van der Waals surface area contributed by atoms with Crippen LogP contribution in [0.3, 0.4) is 0 Å². The van der Waals surface area contributed by atoms with Gasteiger partial charge in [-0.15, -0.1) is 11.3 Å². The van der Waals surface area contributed by atoms with Gasteiger partial charge in [0.2, 0.25) is 0 Å². The first-order chi connectivity index (χ1) is 12.0. The van der Waals surface area contributed by atoms with E-state index in [0.29, 0.717) is 24.4 Å². The van der Waals surface area contributed by atoms with E-state index in [1.165, 1.54) is 0 Å². The smallest absolute Gasteiger partial charge is 0.259 e. The van der Waals surface area contributed by atoms with E-state index >= 15 is 0 Å². The van der Waals surface area contributed by atoms with E-state index in [9.17, 15) is 9.59 Å². The molecule has 2 aromatic heterocycles. The summed E-state index contributed by atoms with van der Waals surface area (Å²) in [6.45, 7) is 6.03. The van der Waals surface area contributed by atoms with Gasteiger partial charge in [-0.25, -0.2) is 4.98 Å². The van der Waals surface area contributed by atoms with Crippen LogP contribution in [0.5, 0.6) is 0 Å². The van der Waals surface area contributed by atoms with Gasteiger partial charge in [0.25, 0.3) is 11.5 Å². The normalized spacial score (nSPS) is 24.2. The Labute approximate surface area is 150 Å². The fourth-order valence-corrected chi connectivity index (χ4v) is 4.88. The lowest BCUT2D eigenvalue weighted by Gasteiger charge is -2.33. The minimum Gasteiger partial charge on any atom is -0.368 e. The van der Waals surface area contributed by atoms with Crippen molar-refractivity contribution in [1.29, 1.82) is 0 Å².